The molecule has 0 saturated carbocycles. The molecule has 1 aliphatic rings. The molecule has 0 spiro atoms. The zero-order valence-corrected chi connectivity index (χ0v) is 22.2. The zero-order chi connectivity index (χ0) is 24.9. The molecule has 0 amide bonds. The molecular formula is C35H44O. The second-order valence-corrected chi connectivity index (χ2v) is 10.5. The van der Waals surface area contributed by atoms with Crippen molar-refractivity contribution in [3.8, 4) is 0 Å². The number of unbranched alkanes of at least 4 members (excludes halogenated alkanes) is 7. The summed E-state index contributed by atoms with van der Waals surface area (Å²) in [6.45, 7) is 2.96. The molecule has 1 unspecified atom stereocenters. The zero-order valence-electron chi connectivity index (χ0n) is 22.2. The lowest BCUT2D eigenvalue weighted by molar-refractivity contribution is 0.0271. The Morgan fingerprint density at radius 1 is 0.639 bits per heavy atom. The van der Waals surface area contributed by atoms with Crippen LogP contribution in [0.4, 0.5) is 0 Å². The fourth-order valence-corrected chi connectivity index (χ4v) is 5.73. The number of ether oxygens (including phenoxy) is 1. The van der Waals surface area contributed by atoms with E-state index in [0.29, 0.717) is 6.61 Å². The van der Waals surface area contributed by atoms with E-state index in [9.17, 15) is 0 Å². The number of rotatable bonds is 15. The van der Waals surface area contributed by atoms with E-state index >= 15 is 0 Å². The van der Waals surface area contributed by atoms with Crippen molar-refractivity contribution >= 4 is 0 Å². The third-order valence-electron chi connectivity index (χ3n) is 7.75. The molecule has 1 heteroatoms. The molecule has 1 aliphatic carbocycles. The lowest BCUT2D eigenvalue weighted by atomic mass is 9.80. The van der Waals surface area contributed by atoms with Gasteiger partial charge in [-0.1, -0.05) is 155 Å². The van der Waals surface area contributed by atoms with Crippen LogP contribution in [0.1, 0.15) is 94.2 Å². The van der Waals surface area contributed by atoms with E-state index < -0.39 is 5.60 Å². The minimum absolute atomic E-state index is 0.625. The predicted molar refractivity (Wildman–Crippen MR) is 153 cm³/mol. The van der Waals surface area contributed by atoms with Gasteiger partial charge in [-0.15, -0.1) is 0 Å². The summed E-state index contributed by atoms with van der Waals surface area (Å²) in [5.74, 6) is 0.725. The van der Waals surface area contributed by atoms with E-state index in [1.54, 1.807) is 0 Å². The van der Waals surface area contributed by atoms with Crippen LogP contribution in [0.3, 0.4) is 0 Å². The Kier molecular flexibility index (Phi) is 10.4. The van der Waals surface area contributed by atoms with E-state index in [1.165, 1.54) is 86.5 Å². The van der Waals surface area contributed by atoms with Crippen LogP contribution in [0.15, 0.2) is 103 Å². The van der Waals surface area contributed by atoms with Crippen LogP contribution in [0.2, 0.25) is 0 Å². The third kappa shape index (κ3) is 6.98. The summed E-state index contributed by atoms with van der Waals surface area (Å²) in [5, 5.41) is 0. The molecule has 0 radical (unpaired) electrons. The first-order chi connectivity index (χ1) is 17.8. The van der Waals surface area contributed by atoms with Crippen LogP contribution in [0.25, 0.3) is 0 Å². The first-order valence-electron chi connectivity index (χ1n) is 14.3. The molecule has 3 aromatic carbocycles. The largest absolute Gasteiger partial charge is 0.357 e. The SMILES string of the molecule is CCCCCCCCCCC1C=C(COC(c2ccccc2)(c2ccccc2)c2ccccc2)CC1. The summed E-state index contributed by atoms with van der Waals surface area (Å²) in [6, 6.07) is 32.2. The van der Waals surface area contributed by atoms with Crippen LogP contribution >= 0.6 is 0 Å². The molecule has 1 nitrogen and oxygen atoms in total. The van der Waals surface area contributed by atoms with Gasteiger partial charge in [-0.05, 0) is 47.4 Å². The van der Waals surface area contributed by atoms with Crippen LogP contribution in [-0.2, 0) is 10.3 Å². The maximum absolute atomic E-state index is 7.04. The molecule has 36 heavy (non-hydrogen) atoms. The molecule has 0 fully saturated rings. The first-order valence-corrected chi connectivity index (χ1v) is 14.3. The summed E-state index contributed by atoms with van der Waals surface area (Å²) in [4.78, 5) is 0. The van der Waals surface area contributed by atoms with Gasteiger partial charge in [0.05, 0.1) is 6.61 Å². The fourth-order valence-electron chi connectivity index (χ4n) is 5.73. The molecule has 190 valence electrons. The molecule has 0 heterocycles. The fraction of sp³-hybridized carbons (Fsp3) is 0.429. The van der Waals surface area contributed by atoms with Crippen molar-refractivity contribution in [2.24, 2.45) is 5.92 Å². The minimum atomic E-state index is -0.625. The second kappa shape index (κ2) is 14.2. The van der Waals surface area contributed by atoms with E-state index in [4.69, 9.17) is 4.74 Å². The van der Waals surface area contributed by atoms with Crippen molar-refractivity contribution in [1.82, 2.24) is 0 Å². The molecule has 0 N–H and O–H groups in total. The summed E-state index contributed by atoms with van der Waals surface area (Å²) in [5.41, 5.74) is 4.37. The number of hydrogen-bond donors (Lipinski definition) is 0. The van der Waals surface area contributed by atoms with Gasteiger partial charge in [-0.3, -0.25) is 0 Å². The molecule has 3 aromatic rings. The summed E-state index contributed by atoms with van der Waals surface area (Å²) >= 11 is 0. The first kappa shape index (κ1) is 26.4. The van der Waals surface area contributed by atoms with Crippen LogP contribution in [-0.4, -0.2) is 6.61 Å². The molecule has 1 atom stereocenters. The van der Waals surface area contributed by atoms with Gasteiger partial charge in [0.25, 0.3) is 0 Å². The average molecular weight is 481 g/mol. The molecule has 0 aromatic heterocycles. The van der Waals surface area contributed by atoms with Gasteiger partial charge in [0.15, 0.2) is 0 Å². The molecule has 0 aliphatic heterocycles. The van der Waals surface area contributed by atoms with Crippen molar-refractivity contribution in [3.05, 3.63) is 119 Å². The molecule has 4 rings (SSSR count). The van der Waals surface area contributed by atoms with Gasteiger partial charge in [0.1, 0.15) is 5.60 Å². The lowest BCUT2D eigenvalue weighted by Crippen LogP contribution is -2.33. The maximum atomic E-state index is 7.04. The quantitative estimate of drug-likeness (QED) is 0.119. The van der Waals surface area contributed by atoms with Crippen molar-refractivity contribution < 1.29 is 4.74 Å². The van der Waals surface area contributed by atoms with Gasteiger partial charge in [0, 0.05) is 0 Å². The number of hydrogen-bond acceptors (Lipinski definition) is 1. The number of allylic oxidation sites excluding steroid dienone is 1. The van der Waals surface area contributed by atoms with Crippen LogP contribution in [0, 0.1) is 5.92 Å². The highest BCUT2D eigenvalue weighted by Gasteiger charge is 2.37. The Morgan fingerprint density at radius 3 is 1.61 bits per heavy atom. The monoisotopic (exact) mass is 480 g/mol. The Hall–Kier alpha value is -2.64. The smallest absolute Gasteiger partial charge is 0.144 e. The Morgan fingerprint density at radius 2 is 1.11 bits per heavy atom. The second-order valence-electron chi connectivity index (χ2n) is 10.5. The average Bonchev–Trinajstić information content (AvgIpc) is 3.40. The highest BCUT2D eigenvalue weighted by Crippen LogP contribution is 2.41. The molecule has 0 saturated heterocycles. The van der Waals surface area contributed by atoms with E-state index in [2.05, 4.69) is 104 Å². The van der Waals surface area contributed by atoms with Crippen LogP contribution in [0.5, 0.6) is 0 Å². The molecule has 0 bridgehead atoms. The summed E-state index contributed by atoms with van der Waals surface area (Å²) in [6.07, 6.45) is 17.5. The Balaban J connectivity index is 1.43. The molecular weight excluding hydrogens is 436 g/mol. The van der Waals surface area contributed by atoms with Crippen LogP contribution < -0.4 is 0 Å². The van der Waals surface area contributed by atoms with Gasteiger partial charge in [-0.2, -0.15) is 0 Å². The topological polar surface area (TPSA) is 9.23 Å². The van der Waals surface area contributed by atoms with Crippen molar-refractivity contribution in [2.75, 3.05) is 6.61 Å². The lowest BCUT2D eigenvalue weighted by Gasteiger charge is -2.36. The van der Waals surface area contributed by atoms with Gasteiger partial charge in [-0.25, -0.2) is 0 Å². The maximum Gasteiger partial charge on any atom is 0.144 e. The van der Waals surface area contributed by atoms with E-state index in [-0.39, 0.29) is 0 Å². The van der Waals surface area contributed by atoms with Gasteiger partial charge < -0.3 is 4.74 Å². The number of benzene rings is 3. The highest BCUT2D eigenvalue weighted by molar-refractivity contribution is 5.47. The Bertz CT molecular complexity index is 925. The van der Waals surface area contributed by atoms with E-state index in [1.807, 2.05) is 0 Å². The van der Waals surface area contributed by atoms with Crippen molar-refractivity contribution in [2.45, 2.75) is 83.2 Å². The van der Waals surface area contributed by atoms with Gasteiger partial charge in [0.2, 0.25) is 0 Å². The Labute approximate surface area is 219 Å². The third-order valence-corrected chi connectivity index (χ3v) is 7.75. The van der Waals surface area contributed by atoms with Crippen molar-refractivity contribution in [3.63, 3.8) is 0 Å². The van der Waals surface area contributed by atoms with E-state index in [0.717, 1.165) is 12.3 Å². The van der Waals surface area contributed by atoms with Gasteiger partial charge >= 0.3 is 0 Å². The summed E-state index contributed by atoms with van der Waals surface area (Å²) < 4.78 is 7.04. The normalized spacial score (nSPS) is 15.7. The van der Waals surface area contributed by atoms with Crippen molar-refractivity contribution in [1.29, 1.82) is 0 Å². The highest BCUT2D eigenvalue weighted by atomic mass is 16.5. The standard InChI is InChI=1S/C35H44O/c1-2-3-4-5-6-7-8-12-19-30-26-27-31(28-30)29-36-35(32-20-13-9-14-21-32,33-22-15-10-16-23-33)34-24-17-11-18-25-34/h9-11,13-18,20-25,28,30H,2-8,12,19,26-27,29H2,1H3. The minimum Gasteiger partial charge on any atom is -0.357 e. The predicted octanol–water partition coefficient (Wildman–Crippen LogP) is 9.86. The summed E-state index contributed by atoms with van der Waals surface area (Å²) in [7, 11) is 0.